The van der Waals surface area contributed by atoms with Crippen molar-refractivity contribution in [1.29, 1.82) is 0 Å². The Morgan fingerprint density at radius 2 is 2.00 bits per heavy atom. The lowest BCUT2D eigenvalue weighted by atomic mass is 10.3. The van der Waals surface area contributed by atoms with Gasteiger partial charge in [0, 0.05) is 28.8 Å². The number of aryl methyl sites for hydroxylation is 1. The van der Waals surface area contributed by atoms with E-state index in [9.17, 15) is 4.79 Å². The van der Waals surface area contributed by atoms with E-state index < -0.39 is 0 Å². The van der Waals surface area contributed by atoms with E-state index in [1.165, 1.54) is 0 Å². The summed E-state index contributed by atoms with van der Waals surface area (Å²) in [7, 11) is 0. The van der Waals surface area contributed by atoms with E-state index in [1.807, 2.05) is 25.3 Å². The fourth-order valence-corrected chi connectivity index (χ4v) is 2.37. The van der Waals surface area contributed by atoms with Gasteiger partial charge in [-0.05, 0) is 47.1 Å². The molecule has 3 heterocycles. The molecule has 0 aromatic carbocycles. The number of amides is 1. The van der Waals surface area contributed by atoms with Gasteiger partial charge in [0.1, 0.15) is 11.3 Å². The highest BCUT2D eigenvalue weighted by Crippen LogP contribution is 2.18. The fourth-order valence-electron chi connectivity index (χ4n) is 2.04. The number of nitrogens with one attached hydrogen (secondary N) is 1. The molecule has 1 N–H and O–H groups in total. The number of halogens is 1. The van der Waals surface area contributed by atoms with Crippen LogP contribution in [0, 0.1) is 6.92 Å². The van der Waals surface area contributed by atoms with E-state index >= 15 is 0 Å². The summed E-state index contributed by atoms with van der Waals surface area (Å²) in [5, 5.41) is 2.84. The van der Waals surface area contributed by atoms with Crippen LogP contribution >= 0.6 is 15.9 Å². The molecule has 0 spiro atoms. The number of fused-ring (bicyclic) bond motifs is 1. The second-order valence-electron chi connectivity index (χ2n) is 4.31. The van der Waals surface area contributed by atoms with E-state index in [0.717, 1.165) is 10.1 Å². The van der Waals surface area contributed by atoms with Crippen molar-refractivity contribution < 1.29 is 4.79 Å². The maximum absolute atomic E-state index is 12.4. The molecule has 20 heavy (non-hydrogen) atoms. The van der Waals surface area contributed by atoms with Crippen LogP contribution in [0.2, 0.25) is 0 Å². The zero-order chi connectivity index (χ0) is 14.1. The number of hydrogen-bond donors (Lipinski definition) is 1. The third-order valence-electron chi connectivity index (χ3n) is 2.91. The van der Waals surface area contributed by atoms with E-state index in [4.69, 9.17) is 0 Å². The molecule has 0 saturated heterocycles. The lowest BCUT2D eigenvalue weighted by molar-refractivity contribution is 0.102. The fraction of sp³-hybridized carbons (Fsp3) is 0.0714. The van der Waals surface area contributed by atoms with Crippen LogP contribution in [0.4, 0.5) is 5.69 Å². The second kappa shape index (κ2) is 5.05. The first-order valence-corrected chi connectivity index (χ1v) is 6.80. The maximum Gasteiger partial charge on any atom is 0.274 e. The van der Waals surface area contributed by atoms with Crippen molar-refractivity contribution in [3.05, 3.63) is 58.7 Å². The van der Waals surface area contributed by atoms with Crippen LogP contribution in [-0.4, -0.2) is 20.3 Å². The molecule has 1 amide bonds. The van der Waals surface area contributed by atoms with Crippen LogP contribution in [0.5, 0.6) is 0 Å². The van der Waals surface area contributed by atoms with Crippen LogP contribution in [0.15, 0.2) is 47.3 Å². The Balaban J connectivity index is 2.03. The molecule has 3 aromatic rings. The Morgan fingerprint density at radius 3 is 2.75 bits per heavy atom. The molecule has 3 rings (SSSR count). The molecule has 0 aliphatic heterocycles. The van der Waals surface area contributed by atoms with Crippen molar-refractivity contribution >= 4 is 33.2 Å². The van der Waals surface area contributed by atoms with Crippen LogP contribution < -0.4 is 5.32 Å². The molecule has 0 fully saturated rings. The van der Waals surface area contributed by atoms with Gasteiger partial charge in [0.15, 0.2) is 0 Å². The summed E-state index contributed by atoms with van der Waals surface area (Å²) in [6.45, 7) is 1.82. The van der Waals surface area contributed by atoms with Gasteiger partial charge in [0.2, 0.25) is 0 Å². The Kier molecular flexibility index (Phi) is 3.23. The normalized spacial score (nSPS) is 10.7. The van der Waals surface area contributed by atoms with Crippen molar-refractivity contribution in [3.8, 4) is 0 Å². The van der Waals surface area contributed by atoms with Gasteiger partial charge in [-0.15, -0.1) is 0 Å². The van der Waals surface area contributed by atoms with Gasteiger partial charge in [-0.3, -0.25) is 14.2 Å². The largest absolute Gasteiger partial charge is 0.321 e. The summed E-state index contributed by atoms with van der Waals surface area (Å²) >= 11 is 3.40. The van der Waals surface area contributed by atoms with Crippen molar-refractivity contribution in [2.24, 2.45) is 0 Å². The van der Waals surface area contributed by atoms with Crippen molar-refractivity contribution in [1.82, 2.24) is 14.4 Å². The van der Waals surface area contributed by atoms with Gasteiger partial charge < -0.3 is 5.32 Å². The number of carbonyl (C=O) groups excluding carboxylic acids is 1. The highest BCUT2D eigenvalue weighted by atomic mass is 79.9. The molecule has 0 saturated carbocycles. The van der Waals surface area contributed by atoms with Crippen molar-refractivity contribution in [2.45, 2.75) is 6.92 Å². The quantitative estimate of drug-likeness (QED) is 0.785. The number of anilines is 1. The molecule has 3 aromatic heterocycles. The number of carbonyl (C=O) groups is 1. The highest BCUT2D eigenvalue weighted by molar-refractivity contribution is 9.10. The third-order valence-corrected chi connectivity index (χ3v) is 3.38. The molecule has 0 aliphatic carbocycles. The predicted octanol–water partition coefficient (Wildman–Crippen LogP) is 3.05. The Morgan fingerprint density at radius 1 is 1.25 bits per heavy atom. The molecular formula is C14H11BrN4O. The van der Waals surface area contributed by atoms with Gasteiger partial charge in [0.25, 0.3) is 5.91 Å². The van der Waals surface area contributed by atoms with Crippen molar-refractivity contribution in [3.63, 3.8) is 0 Å². The minimum Gasteiger partial charge on any atom is -0.321 e. The average Bonchev–Trinajstić information content (AvgIpc) is 2.75. The number of aromatic nitrogens is 3. The summed E-state index contributed by atoms with van der Waals surface area (Å²) in [6, 6.07) is 7.24. The molecule has 6 heteroatoms. The summed E-state index contributed by atoms with van der Waals surface area (Å²) in [5.41, 5.74) is 2.66. The Labute approximate surface area is 123 Å². The minimum absolute atomic E-state index is 0.195. The van der Waals surface area contributed by atoms with Crippen molar-refractivity contribution in [2.75, 3.05) is 5.32 Å². The average molecular weight is 331 g/mol. The topological polar surface area (TPSA) is 59.3 Å². The maximum atomic E-state index is 12.4. The number of nitrogens with zero attached hydrogens (tertiary/aromatic N) is 3. The predicted molar refractivity (Wildman–Crippen MR) is 79.8 cm³/mol. The molecule has 5 nitrogen and oxygen atoms in total. The van der Waals surface area contributed by atoms with Gasteiger partial charge in [-0.25, -0.2) is 4.98 Å². The van der Waals surface area contributed by atoms with E-state index in [0.29, 0.717) is 17.1 Å². The third kappa shape index (κ3) is 2.30. The van der Waals surface area contributed by atoms with Gasteiger partial charge in [-0.2, -0.15) is 0 Å². The first kappa shape index (κ1) is 12.8. The molecular weight excluding hydrogens is 320 g/mol. The number of rotatable bonds is 2. The lowest BCUT2D eigenvalue weighted by Gasteiger charge is -2.05. The second-order valence-corrected chi connectivity index (χ2v) is 5.23. The first-order chi connectivity index (χ1) is 9.65. The molecule has 0 atom stereocenters. The minimum atomic E-state index is -0.195. The summed E-state index contributed by atoms with van der Waals surface area (Å²) in [4.78, 5) is 20.7. The standard InChI is InChI=1S/C14H11BrN4O/c1-9-13(14(20)18-11-4-6-16-7-5-11)19-8-10(15)2-3-12(19)17-9/h2-8H,1H3,(H,16,18,20). The SMILES string of the molecule is Cc1nc2ccc(Br)cn2c1C(=O)Nc1ccncc1. The summed E-state index contributed by atoms with van der Waals surface area (Å²) < 4.78 is 2.66. The van der Waals surface area contributed by atoms with E-state index in [1.54, 1.807) is 28.9 Å². The van der Waals surface area contributed by atoms with Crippen LogP contribution in [0.25, 0.3) is 5.65 Å². The van der Waals surface area contributed by atoms with Crippen LogP contribution in [0.1, 0.15) is 16.2 Å². The zero-order valence-corrected chi connectivity index (χ0v) is 12.3. The van der Waals surface area contributed by atoms with Gasteiger partial charge >= 0.3 is 0 Å². The molecule has 100 valence electrons. The molecule has 0 radical (unpaired) electrons. The molecule has 0 aliphatic rings. The highest BCUT2D eigenvalue weighted by Gasteiger charge is 2.16. The van der Waals surface area contributed by atoms with Gasteiger partial charge in [-0.1, -0.05) is 0 Å². The first-order valence-electron chi connectivity index (χ1n) is 6.01. The number of hydrogen-bond acceptors (Lipinski definition) is 3. The zero-order valence-electron chi connectivity index (χ0n) is 10.7. The number of imidazole rings is 1. The van der Waals surface area contributed by atoms with E-state index in [-0.39, 0.29) is 5.91 Å². The summed E-state index contributed by atoms with van der Waals surface area (Å²) in [6.07, 6.45) is 5.10. The molecule has 0 unspecified atom stereocenters. The van der Waals surface area contributed by atoms with Gasteiger partial charge in [0.05, 0.1) is 5.69 Å². The Hall–Kier alpha value is -2.21. The van der Waals surface area contributed by atoms with Crippen LogP contribution in [-0.2, 0) is 0 Å². The number of pyridine rings is 2. The lowest BCUT2D eigenvalue weighted by Crippen LogP contribution is -2.15. The Bertz CT molecular complexity index is 782. The van der Waals surface area contributed by atoms with Crippen LogP contribution in [0.3, 0.4) is 0 Å². The summed E-state index contributed by atoms with van der Waals surface area (Å²) in [5.74, 6) is -0.195. The van der Waals surface area contributed by atoms with E-state index in [2.05, 4.69) is 31.2 Å². The smallest absolute Gasteiger partial charge is 0.274 e. The monoisotopic (exact) mass is 330 g/mol. The molecule has 0 bridgehead atoms.